The Morgan fingerprint density at radius 2 is 1.00 bits per heavy atom. The van der Waals surface area contributed by atoms with Gasteiger partial charge in [-0.25, -0.2) is 0 Å². The van der Waals surface area contributed by atoms with Crippen molar-refractivity contribution in [3.63, 3.8) is 0 Å². The minimum atomic E-state index is -4.69. The van der Waals surface area contributed by atoms with Crippen LogP contribution >= 0.6 is 0 Å². The quantitative estimate of drug-likeness (QED) is 0.467. The van der Waals surface area contributed by atoms with E-state index in [2.05, 4.69) is 9.97 Å². The normalized spacial score (nSPS) is 9.47. The Bertz CT molecular complexity index is 395. The third kappa shape index (κ3) is 16.0. The molecule has 0 aromatic carbocycles. The average molecular weight is 289 g/mol. The summed E-state index contributed by atoms with van der Waals surface area (Å²) in [6.45, 7) is 0. The van der Waals surface area contributed by atoms with Gasteiger partial charge in [-0.05, 0) is 24.3 Å². The molecule has 0 aliphatic rings. The molecule has 0 fully saturated rings. The summed E-state index contributed by atoms with van der Waals surface area (Å²) in [5.41, 5.74) is 12.2. The van der Waals surface area contributed by atoms with Crippen molar-refractivity contribution in [1.82, 2.24) is 9.97 Å². The highest BCUT2D eigenvalue weighted by Crippen LogP contribution is 1.93. The smallest absolute Gasteiger partial charge is 0.0777 e. The molecule has 0 bridgehead atoms. The lowest BCUT2D eigenvalue weighted by atomic mass is 10.4. The molecular formula is C10H13ClN4O4. The number of halogens is 1. The predicted octanol–water partition coefficient (Wildman–Crippen LogP) is -2.80. The number of pyridine rings is 2. The van der Waals surface area contributed by atoms with E-state index in [0.717, 1.165) is 11.4 Å². The maximum Gasteiger partial charge on any atom is 0.0777 e. The zero-order chi connectivity index (χ0) is 14.7. The molecule has 104 valence electrons. The maximum atomic E-state index is 8.60. The summed E-state index contributed by atoms with van der Waals surface area (Å²) >= 11 is 0. The Kier molecular flexibility index (Phi) is 8.09. The Balaban J connectivity index is 0.000000261. The van der Waals surface area contributed by atoms with Gasteiger partial charge in [0.15, 0.2) is 0 Å². The molecule has 2 aromatic heterocycles. The van der Waals surface area contributed by atoms with Gasteiger partial charge in [0.2, 0.25) is 0 Å². The first-order valence-electron chi connectivity index (χ1n) is 4.73. The maximum absolute atomic E-state index is 8.60. The number of nitrogens with zero attached hydrogens (tertiary/aromatic N) is 2. The SMILES string of the molecule is Nc1ccncc1.Nc1ccncc1.[O-][Cl+3]([O-])([O-])O. The third-order valence-corrected chi connectivity index (χ3v) is 1.41. The molecule has 8 nitrogen and oxygen atoms in total. The van der Waals surface area contributed by atoms with E-state index < -0.39 is 10.2 Å². The molecular weight excluding hydrogens is 276 g/mol. The summed E-state index contributed by atoms with van der Waals surface area (Å²) in [7, 11) is -4.69. The van der Waals surface area contributed by atoms with Crippen LogP contribution in [-0.4, -0.2) is 14.6 Å². The van der Waals surface area contributed by atoms with Crippen molar-refractivity contribution in [2.24, 2.45) is 0 Å². The van der Waals surface area contributed by atoms with Crippen molar-refractivity contribution in [3.05, 3.63) is 49.1 Å². The van der Waals surface area contributed by atoms with Crippen LogP contribution in [0.25, 0.3) is 0 Å². The Morgan fingerprint density at radius 3 is 1.11 bits per heavy atom. The molecule has 0 aliphatic carbocycles. The van der Waals surface area contributed by atoms with Crippen LogP contribution < -0.4 is 25.4 Å². The van der Waals surface area contributed by atoms with E-state index in [4.69, 9.17) is 30.1 Å². The molecule has 0 unspecified atom stereocenters. The summed E-state index contributed by atoms with van der Waals surface area (Å²) in [4.78, 5) is 7.53. The van der Waals surface area contributed by atoms with Gasteiger partial charge in [-0.1, -0.05) is 0 Å². The fraction of sp³-hybridized carbons (Fsp3) is 0. The van der Waals surface area contributed by atoms with Crippen molar-refractivity contribution in [2.75, 3.05) is 11.5 Å². The summed E-state index contributed by atoms with van der Waals surface area (Å²) < 4.78 is 32.7. The van der Waals surface area contributed by atoms with Crippen molar-refractivity contribution in [1.29, 1.82) is 0 Å². The highest BCUT2D eigenvalue weighted by molar-refractivity contribution is 5.34. The molecule has 0 atom stereocenters. The van der Waals surface area contributed by atoms with Crippen LogP contribution in [0.4, 0.5) is 11.4 Å². The zero-order valence-electron chi connectivity index (χ0n) is 9.72. The van der Waals surface area contributed by atoms with Crippen LogP contribution in [-0.2, 0) is 0 Å². The van der Waals surface area contributed by atoms with Crippen LogP contribution in [0, 0.1) is 10.2 Å². The van der Waals surface area contributed by atoms with Crippen molar-refractivity contribution >= 4 is 11.4 Å². The molecule has 0 spiro atoms. The summed E-state index contributed by atoms with van der Waals surface area (Å²) in [5.74, 6) is 0. The summed E-state index contributed by atoms with van der Waals surface area (Å²) in [6, 6.07) is 7.00. The molecule has 0 saturated heterocycles. The highest BCUT2D eigenvalue weighted by atomic mass is 35.7. The van der Waals surface area contributed by atoms with Gasteiger partial charge in [0, 0.05) is 36.2 Å². The summed E-state index contributed by atoms with van der Waals surface area (Å²) in [5, 5.41) is 0. The van der Waals surface area contributed by atoms with Gasteiger partial charge in [0.1, 0.15) is 0 Å². The van der Waals surface area contributed by atoms with Gasteiger partial charge in [0.05, 0.1) is 14.9 Å². The molecule has 0 aliphatic heterocycles. The first-order valence-corrected chi connectivity index (χ1v) is 5.99. The predicted molar refractivity (Wildman–Crippen MR) is 59.5 cm³/mol. The first-order chi connectivity index (χ1) is 8.79. The molecule has 19 heavy (non-hydrogen) atoms. The Hall–Kier alpha value is -1.97. The molecule has 5 N–H and O–H groups in total. The standard InChI is InChI=1S/2C5H6N2.ClHO4/c2*6-5-1-3-7-4-2-5;2-1(3,4)5/h2*1-4H,(H2,6,7);(H,2,3,4,5). The van der Waals surface area contributed by atoms with Crippen LogP contribution in [0.5, 0.6) is 0 Å². The van der Waals surface area contributed by atoms with Crippen LogP contribution in [0.15, 0.2) is 49.1 Å². The first kappa shape index (κ1) is 17.0. The van der Waals surface area contributed by atoms with E-state index in [9.17, 15) is 0 Å². The number of anilines is 2. The second-order valence-electron chi connectivity index (χ2n) is 2.96. The molecule has 0 saturated carbocycles. The fourth-order valence-electron chi connectivity index (χ4n) is 0.727. The van der Waals surface area contributed by atoms with Gasteiger partial charge in [-0.3, -0.25) is 9.97 Å². The lowest BCUT2D eigenvalue weighted by molar-refractivity contribution is -1.92. The topological polar surface area (TPSA) is 167 Å². The van der Waals surface area contributed by atoms with Gasteiger partial charge in [0.25, 0.3) is 0 Å². The Morgan fingerprint density at radius 1 is 0.789 bits per heavy atom. The minimum Gasteiger partial charge on any atom is -0.399 e. The molecule has 0 radical (unpaired) electrons. The molecule has 2 heterocycles. The molecule has 0 amide bonds. The van der Waals surface area contributed by atoms with Crippen LogP contribution in [0.2, 0.25) is 0 Å². The van der Waals surface area contributed by atoms with Gasteiger partial charge >= 0.3 is 0 Å². The van der Waals surface area contributed by atoms with E-state index in [1.54, 1.807) is 49.1 Å². The second kappa shape index (κ2) is 9.03. The molecule has 9 heteroatoms. The zero-order valence-corrected chi connectivity index (χ0v) is 10.5. The van der Waals surface area contributed by atoms with Crippen LogP contribution in [0.1, 0.15) is 0 Å². The highest BCUT2D eigenvalue weighted by Gasteiger charge is 1.98. The lowest BCUT2D eigenvalue weighted by Crippen LogP contribution is -2.58. The number of hydrogen-bond donors (Lipinski definition) is 3. The van der Waals surface area contributed by atoms with Crippen molar-refractivity contribution in [3.8, 4) is 0 Å². The van der Waals surface area contributed by atoms with E-state index >= 15 is 0 Å². The van der Waals surface area contributed by atoms with Crippen molar-refractivity contribution < 1.29 is 28.9 Å². The van der Waals surface area contributed by atoms with Gasteiger partial charge < -0.3 is 11.5 Å². The van der Waals surface area contributed by atoms with E-state index in [0.29, 0.717) is 0 Å². The number of nitrogens with two attached hydrogens (primary N) is 2. The van der Waals surface area contributed by atoms with E-state index in [1.807, 2.05) is 0 Å². The number of aromatic nitrogens is 2. The third-order valence-electron chi connectivity index (χ3n) is 1.41. The summed E-state index contributed by atoms with van der Waals surface area (Å²) in [6.07, 6.45) is 6.65. The van der Waals surface area contributed by atoms with Gasteiger partial charge in [-0.15, -0.1) is 0 Å². The lowest BCUT2D eigenvalue weighted by Gasteiger charge is -2.03. The largest absolute Gasteiger partial charge is 0.399 e. The number of nitrogen functional groups attached to an aromatic ring is 2. The number of hydrogen-bond acceptors (Lipinski definition) is 8. The molecule has 2 rings (SSSR count). The number of rotatable bonds is 0. The minimum absolute atomic E-state index is 0.759. The molecule has 2 aromatic rings. The van der Waals surface area contributed by atoms with E-state index in [1.165, 1.54) is 0 Å². The second-order valence-corrected chi connectivity index (χ2v) is 3.75. The van der Waals surface area contributed by atoms with E-state index in [-0.39, 0.29) is 0 Å². The fourth-order valence-corrected chi connectivity index (χ4v) is 0.727. The monoisotopic (exact) mass is 288 g/mol. The average Bonchev–Trinajstić information content (AvgIpc) is 2.29. The van der Waals surface area contributed by atoms with Crippen LogP contribution in [0.3, 0.4) is 0 Å². The van der Waals surface area contributed by atoms with Crippen molar-refractivity contribution in [2.45, 2.75) is 0 Å². The Labute approximate surface area is 111 Å². The van der Waals surface area contributed by atoms with Gasteiger partial charge in [-0.2, -0.15) is 14.0 Å².